The zero-order chi connectivity index (χ0) is 26.3. The van der Waals surface area contributed by atoms with E-state index >= 15 is 0 Å². The topological polar surface area (TPSA) is 0 Å². The van der Waals surface area contributed by atoms with Gasteiger partial charge in [0.25, 0.3) is 0 Å². The van der Waals surface area contributed by atoms with Gasteiger partial charge >= 0.3 is 0 Å². The van der Waals surface area contributed by atoms with Gasteiger partial charge in [0.05, 0.1) is 0 Å². The summed E-state index contributed by atoms with van der Waals surface area (Å²) in [7, 11) is 0. The molecule has 0 aromatic carbocycles. The van der Waals surface area contributed by atoms with Crippen LogP contribution in [0, 0.1) is 17.3 Å². The van der Waals surface area contributed by atoms with Gasteiger partial charge in [-0.25, -0.2) is 0 Å². The fourth-order valence-electron chi connectivity index (χ4n) is 5.29. The lowest BCUT2D eigenvalue weighted by Crippen LogP contribution is -2.18. The molecule has 2 rings (SSSR count). The first-order valence-corrected chi connectivity index (χ1v) is 13.8. The van der Waals surface area contributed by atoms with Crippen LogP contribution in [0.15, 0.2) is 120 Å². The second kappa shape index (κ2) is 15.5. The summed E-state index contributed by atoms with van der Waals surface area (Å²) in [6.07, 6.45) is 44.9. The van der Waals surface area contributed by atoms with Gasteiger partial charge in [0, 0.05) is 6.42 Å². The summed E-state index contributed by atoms with van der Waals surface area (Å²) in [5.41, 5.74) is 6.75. The van der Waals surface area contributed by atoms with Crippen molar-refractivity contribution in [1.82, 2.24) is 0 Å². The highest BCUT2D eigenvalue weighted by Crippen LogP contribution is 2.41. The van der Waals surface area contributed by atoms with Crippen molar-refractivity contribution in [1.29, 1.82) is 0 Å². The van der Waals surface area contributed by atoms with Gasteiger partial charge in [-0.1, -0.05) is 136 Å². The Labute approximate surface area is 223 Å². The largest absolute Gasteiger partial charge is 0.0808 e. The van der Waals surface area contributed by atoms with Crippen molar-refractivity contribution < 1.29 is 0 Å². The van der Waals surface area contributed by atoms with Gasteiger partial charge in [-0.2, -0.15) is 0 Å². The van der Waals surface area contributed by atoms with E-state index in [-0.39, 0.29) is 0 Å². The minimum absolute atomic E-state index is 0.307. The zero-order valence-corrected chi connectivity index (χ0v) is 23.8. The summed E-state index contributed by atoms with van der Waals surface area (Å²) in [5.74, 6) is 0. The van der Waals surface area contributed by atoms with Crippen LogP contribution in [0.25, 0.3) is 0 Å². The Morgan fingerprint density at radius 1 is 0.528 bits per heavy atom. The number of rotatable bonds is 11. The molecule has 0 aliphatic heterocycles. The van der Waals surface area contributed by atoms with Crippen LogP contribution < -0.4 is 0 Å². The molecule has 193 valence electrons. The second-order valence-electron chi connectivity index (χ2n) is 11.4. The van der Waals surface area contributed by atoms with Crippen molar-refractivity contribution in [2.45, 2.75) is 86.5 Å². The van der Waals surface area contributed by atoms with Crippen LogP contribution in [0.5, 0.6) is 0 Å². The average Bonchev–Trinajstić information content (AvgIpc) is 2.80. The van der Waals surface area contributed by atoms with Crippen molar-refractivity contribution in [2.24, 2.45) is 10.8 Å². The summed E-state index contributed by atoms with van der Waals surface area (Å²) in [4.78, 5) is 0. The van der Waals surface area contributed by atoms with Crippen molar-refractivity contribution in [3.05, 3.63) is 126 Å². The summed E-state index contributed by atoms with van der Waals surface area (Å²) in [6.45, 7) is 14.0. The molecule has 0 heteroatoms. The smallest absolute Gasteiger partial charge is 0.00506 e. The molecule has 2 aliphatic carbocycles. The van der Waals surface area contributed by atoms with Crippen molar-refractivity contribution in [2.75, 3.05) is 0 Å². The van der Waals surface area contributed by atoms with E-state index in [0.29, 0.717) is 10.8 Å². The van der Waals surface area contributed by atoms with E-state index in [1.54, 1.807) is 11.1 Å². The van der Waals surface area contributed by atoms with E-state index in [9.17, 15) is 0 Å². The minimum atomic E-state index is 0.307. The summed E-state index contributed by atoms with van der Waals surface area (Å²) >= 11 is 0. The Morgan fingerprint density at radius 2 is 0.917 bits per heavy atom. The van der Waals surface area contributed by atoms with Gasteiger partial charge in [-0.05, 0) is 80.8 Å². The molecule has 0 atom stereocenters. The van der Waals surface area contributed by atoms with Gasteiger partial charge in [0.15, 0.2) is 0 Å². The fourth-order valence-corrected chi connectivity index (χ4v) is 5.29. The molecule has 0 nitrogen and oxygen atoms in total. The Hall–Kier alpha value is -2.60. The lowest BCUT2D eigenvalue weighted by atomic mass is 9.72. The third kappa shape index (κ3) is 10.6. The van der Waals surface area contributed by atoms with Gasteiger partial charge in [0.1, 0.15) is 0 Å². The van der Waals surface area contributed by atoms with Gasteiger partial charge in [-0.3, -0.25) is 0 Å². The average molecular weight is 482 g/mol. The predicted octanol–water partition coefficient (Wildman–Crippen LogP) is 11.1. The van der Waals surface area contributed by atoms with Crippen LogP contribution in [-0.2, 0) is 0 Å². The number of hydrogen-bond donors (Lipinski definition) is 0. The van der Waals surface area contributed by atoms with E-state index < -0.39 is 0 Å². The fraction of sp³-hybridized carbons (Fsp3) is 0.417. The van der Waals surface area contributed by atoms with E-state index in [1.807, 2.05) is 0 Å². The van der Waals surface area contributed by atoms with Gasteiger partial charge in [-0.15, -0.1) is 0 Å². The van der Waals surface area contributed by atoms with E-state index in [4.69, 9.17) is 0 Å². The number of allylic oxidation sites excluding steroid dienone is 20. The van der Waals surface area contributed by atoms with E-state index in [2.05, 4.69) is 145 Å². The molecule has 2 aliphatic rings. The van der Waals surface area contributed by atoms with E-state index in [0.717, 1.165) is 6.42 Å². The number of hydrogen-bond acceptors (Lipinski definition) is 0. The van der Waals surface area contributed by atoms with Crippen molar-refractivity contribution in [3.8, 4) is 0 Å². The van der Waals surface area contributed by atoms with Gasteiger partial charge < -0.3 is 0 Å². The Morgan fingerprint density at radius 3 is 1.42 bits per heavy atom. The first kappa shape index (κ1) is 29.6. The molecular weight excluding hydrogens is 432 g/mol. The molecule has 0 heterocycles. The lowest BCUT2D eigenvalue weighted by Gasteiger charge is -2.32. The first-order valence-electron chi connectivity index (χ1n) is 13.8. The molecule has 0 bridgehead atoms. The summed E-state index contributed by atoms with van der Waals surface area (Å²) in [6, 6.07) is 0. The third-order valence-electron chi connectivity index (χ3n) is 7.38. The normalized spacial score (nSPS) is 21.6. The molecule has 0 saturated heterocycles. The first-order chi connectivity index (χ1) is 17.2. The predicted molar refractivity (Wildman–Crippen MR) is 163 cm³/mol. The molecule has 0 aromatic rings. The maximum absolute atomic E-state index is 2.37. The Balaban J connectivity index is 1.62. The molecule has 0 spiro atoms. The Kier molecular flexibility index (Phi) is 12.8. The van der Waals surface area contributed by atoms with Crippen LogP contribution >= 0.6 is 0 Å². The molecule has 0 aromatic heterocycles. The maximum Gasteiger partial charge on any atom is 0.00506 e. The maximum atomic E-state index is 2.37. The van der Waals surface area contributed by atoms with Crippen LogP contribution in [0.2, 0.25) is 0 Å². The molecule has 0 unspecified atom stereocenters. The quantitative estimate of drug-likeness (QED) is 0.257. The molecule has 1 radical (unpaired) electrons. The molecule has 0 saturated carbocycles. The van der Waals surface area contributed by atoms with Crippen LogP contribution in [0.4, 0.5) is 0 Å². The highest BCUT2D eigenvalue weighted by atomic mass is 14.3. The molecule has 0 N–H and O–H groups in total. The minimum Gasteiger partial charge on any atom is -0.0808 e. The van der Waals surface area contributed by atoms with Crippen LogP contribution in [0.1, 0.15) is 86.5 Å². The Bertz CT molecular complexity index is 987. The summed E-state index contributed by atoms with van der Waals surface area (Å²) in [5, 5.41) is 0. The highest BCUT2D eigenvalue weighted by Gasteiger charge is 2.27. The van der Waals surface area contributed by atoms with Crippen LogP contribution in [0.3, 0.4) is 0 Å². The lowest BCUT2D eigenvalue weighted by molar-refractivity contribution is 0.376. The van der Waals surface area contributed by atoms with Crippen molar-refractivity contribution in [3.63, 3.8) is 0 Å². The summed E-state index contributed by atoms with van der Waals surface area (Å²) < 4.78 is 0. The second-order valence-corrected chi connectivity index (χ2v) is 11.4. The monoisotopic (exact) mass is 481 g/mol. The van der Waals surface area contributed by atoms with Gasteiger partial charge in [0.2, 0.25) is 0 Å². The standard InChI is InChI=1S/C36H49/c1-31-25-23-29-35(3,4)33(31)27-21-19-17-15-13-11-9-7-8-10-12-14-16-18-20-22-28-34-32(2)26-24-30-36(34,5)6/h7-15,17-22,27-28H,16,23-26,29-30H2,1-6H3/b10-8-,11-9+,14-12+,15-13+,19-17+,20-18+,27-21+,28-22+. The molecular formula is C36H49. The van der Waals surface area contributed by atoms with Crippen LogP contribution in [-0.4, -0.2) is 0 Å². The molecule has 36 heavy (non-hydrogen) atoms. The molecule has 0 amide bonds. The van der Waals surface area contributed by atoms with Crippen molar-refractivity contribution >= 4 is 0 Å². The SMILES string of the molecule is CC1=C(/C=C/C=C/C=C/C=C/[CH]/C=C\C=C\C/C=C/C=C/C2=C(C)CCCC2(C)C)C(C)(C)CCC1. The van der Waals surface area contributed by atoms with E-state index in [1.165, 1.54) is 49.7 Å². The highest BCUT2D eigenvalue weighted by molar-refractivity contribution is 5.35. The zero-order valence-electron chi connectivity index (χ0n) is 23.8. The molecule has 0 fully saturated rings. The third-order valence-corrected chi connectivity index (χ3v) is 7.38.